The molecule has 1 aromatic carbocycles. The van der Waals surface area contributed by atoms with Crippen molar-refractivity contribution in [2.75, 3.05) is 18.0 Å². The van der Waals surface area contributed by atoms with Gasteiger partial charge >= 0.3 is 6.03 Å². The van der Waals surface area contributed by atoms with E-state index in [4.69, 9.17) is 5.73 Å². The second-order valence-electron chi connectivity index (χ2n) is 4.04. The van der Waals surface area contributed by atoms with Gasteiger partial charge in [0.2, 0.25) is 0 Å². The van der Waals surface area contributed by atoms with Crippen LogP contribution in [0.25, 0.3) is 0 Å². The normalized spacial score (nSPS) is 19.1. The number of amides is 2. The lowest BCUT2D eigenvalue weighted by Crippen LogP contribution is -2.49. The van der Waals surface area contributed by atoms with Gasteiger partial charge in [-0.1, -0.05) is 18.2 Å². The highest BCUT2D eigenvalue weighted by Gasteiger charge is 2.25. The van der Waals surface area contributed by atoms with Gasteiger partial charge < -0.3 is 11.1 Å². The molecule has 1 unspecified atom stereocenters. The van der Waals surface area contributed by atoms with Crippen molar-refractivity contribution in [2.45, 2.75) is 19.4 Å². The molecule has 1 heterocycles. The summed E-state index contributed by atoms with van der Waals surface area (Å²) in [7, 11) is 0. The van der Waals surface area contributed by atoms with E-state index >= 15 is 0 Å². The molecule has 1 aromatic rings. The summed E-state index contributed by atoms with van der Waals surface area (Å²) in [4.78, 5) is 13.6. The maximum Gasteiger partial charge on any atom is 0.321 e. The first-order valence-electron chi connectivity index (χ1n) is 5.61. The fourth-order valence-electron chi connectivity index (χ4n) is 2.07. The minimum Gasteiger partial charge on any atom is -0.338 e. The van der Waals surface area contributed by atoms with Crippen molar-refractivity contribution in [2.24, 2.45) is 5.73 Å². The summed E-state index contributed by atoms with van der Waals surface area (Å²) in [6.45, 7) is 3.13. The first-order valence-corrected chi connectivity index (χ1v) is 5.61. The Morgan fingerprint density at radius 1 is 1.56 bits per heavy atom. The second-order valence-corrected chi connectivity index (χ2v) is 4.04. The van der Waals surface area contributed by atoms with Crippen LogP contribution in [0, 0.1) is 0 Å². The van der Waals surface area contributed by atoms with E-state index in [0.29, 0.717) is 13.1 Å². The summed E-state index contributed by atoms with van der Waals surface area (Å²) in [6, 6.07) is 7.88. The quantitative estimate of drug-likeness (QED) is 0.743. The number of rotatable bonds is 1. The number of nitrogens with one attached hydrogen (secondary N) is 1. The summed E-state index contributed by atoms with van der Waals surface area (Å²) in [5, 5.41) is 2.81. The molecule has 2 amide bonds. The molecular formula is C12H17N3O. The lowest BCUT2D eigenvalue weighted by molar-refractivity contribution is 0.246. The minimum absolute atomic E-state index is 0.0255. The van der Waals surface area contributed by atoms with Crippen molar-refractivity contribution in [3.8, 4) is 0 Å². The monoisotopic (exact) mass is 219 g/mol. The van der Waals surface area contributed by atoms with Gasteiger partial charge in [0.25, 0.3) is 0 Å². The Hall–Kier alpha value is -1.55. The molecule has 0 radical (unpaired) electrons. The number of para-hydroxylation sites is 1. The van der Waals surface area contributed by atoms with Gasteiger partial charge in [-0.25, -0.2) is 4.79 Å². The third-order valence-electron chi connectivity index (χ3n) is 2.75. The van der Waals surface area contributed by atoms with Gasteiger partial charge in [-0.15, -0.1) is 0 Å². The Morgan fingerprint density at radius 3 is 3.06 bits per heavy atom. The molecule has 0 bridgehead atoms. The number of urea groups is 1. The van der Waals surface area contributed by atoms with Crippen molar-refractivity contribution >= 4 is 11.7 Å². The molecule has 0 saturated carbocycles. The van der Waals surface area contributed by atoms with Crippen LogP contribution in [0.1, 0.15) is 12.5 Å². The average Bonchev–Trinajstić information content (AvgIpc) is 2.28. The molecule has 1 aliphatic rings. The van der Waals surface area contributed by atoms with Gasteiger partial charge in [0.15, 0.2) is 0 Å². The third-order valence-corrected chi connectivity index (χ3v) is 2.75. The molecule has 16 heavy (non-hydrogen) atoms. The summed E-state index contributed by atoms with van der Waals surface area (Å²) >= 11 is 0. The predicted octanol–water partition coefficient (Wildman–Crippen LogP) is 1.11. The number of nitrogens with two attached hydrogens (primary N) is 1. The highest BCUT2D eigenvalue weighted by Crippen LogP contribution is 2.26. The Labute approximate surface area is 95.4 Å². The zero-order chi connectivity index (χ0) is 11.5. The molecule has 0 spiro atoms. The van der Waals surface area contributed by atoms with Crippen LogP contribution >= 0.6 is 0 Å². The number of nitrogens with zero attached hydrogens (tertiary/aromatic N) is 1. The van der Waals surface area contributed by atoms with Gasteiger partial charge in [0.05, 0.1) is 0 Å². The second kappa shape index (κ2) is 4.53. The van der Waals surface area contributed by atoms with Crippen LogP contribution in [0.15, 0.2) is 24.3 Å². The highest BCUT2D eigenvalue weighted by atomic mass is 16.2. The number of carbonyl (C=O) groups is 1. The third kappa shape index (κ3) is 2.02. The van der Waals surface area contributed by atoms with E-state index < -0.39 is 0 Å². The van der Waals surface area contributed by atoms with Crippen molar-refractivity contribution < 1.29 is 4.79 Å². The van der Waals surface area contributed by atoms with Crippen LogP contribution in [0.3, 0.4) is 0 Å². The summed E-state index contributed by atoms with van der Waals surface area (Å²) in [5.74, 6) is 0. The Morgan fingerprint density at radius 2 is 2.31 bits per heavy atom. The van der Waals surface area contributed by atoms with Gasteiger partial charge in [-0.3, -0.25) is 4.90 Å². The molecule has 4 heteroatoms. The van der Waals surface area contributed by atoms with Crippen LogP contribution in [0.2, 0.25) is 0 Å². The molecule has 1 aliphatic heterocycles. The van der Waals surface area contributed by atoms with Crippen LogP contribution in [-0.2, 0) is 6.42 Å². The summed E-state index contributed by atoms with van der Waals surface area (Å²) in [5.41, 5.74) is 8.08. The highest BCUT2D eigenvalue weighted by molar-refractivity contribution is 5.93. The van der Waals surface area contributed by atoms with Crippen LogP contribution in [0.4, 0.5) is 10.5 Å². The minimum atomic E-state index is -0.0647. The Bertz CT molecular complexity index is 392. The molecule has 4 nitrogen and oxygen atoms in total. The largest absolute Gasteiger partial charge is 0.338 e. The van der Waals surface area contributed by atoms with Gasteiger partial charge in [0.1, 0.15) is 0 Å². The standard InChI is InChI=1S/C12H17N3O/c1-2-14-12(16)15-8-10(13)7-9-5-3-4-6-11(9)15/h3-6,10H,2,7-8,13H2,1H3,(H,14,16). The topological polar surface area (TPSA) is 58.4 Å². The van der Waals surface area contributed by atoms with Gasteiger partial charge in [-0.2, -0.15) is 0 Å². The first-order chi connectivity index (χ1) is 7.72. The van der Waals surface area contributed by atoms with E-state index in [2.05, 4.69) is 5.32 Å². The lowest BCUT2D eigenvalue weighted by Gasteiger charge is -2.32. The molecular weight excluding hydrogens is 202 g/mol. The summed E-state index contributed by atoms with van der Waals surface area (Å²) < 4.78 is 0. The zero-order valence-electron chi connectivity index (χ0n) is 9.44. The predicted molar refractivity (Wildman–Crippen MR) is 64.5 cm³/mol. The van der Waals surface area contributed by atoms with E-state index in [1.54, 1.807) is 4.90 Å². The Balaban J connectivity index is 2.30. The fourth-order valence-corrected chi connectivity index (χ4v) is 2.07. The van der Waals surface area contributed by atoms with Crippen molar-refractivity contribution in [3.05, 3.63) is 29.8 Å². The molecule has 0 aliphatic carbocycles. The number of carbonyl (C=O) groups excluding carboxylic acids is 1. The van der Waals surface area contributed by atoms with Crippen LogP contribution < -0.4 is 16.0 Å². The molecule has 3 N–H and O–H groups in total. The number of hydrogen-bond acceptors (Lipinski definition) is 2. The van der Waals surface area contributed by atoms with E-state index in [1.165, 1.54) is 0 Å². The van der Waals surface area contributed by atoms with Gasteiger partial charge in [0, 0.05) is 24.8 Å². The van der Waals surface area contributed by atoms with Crippen LogP contribution in [-0.4, -0.2) is 25.2 Å². The number of anilines is 1. The maximum absolute atomic E-state index is 11.9. The number of hydrogen-bond donors (Lipinski definition) is 2. The smallest absolute Gasteiger partial charge is 0.321 e. The fraction of sp³-hybridized carbons (Fsp3) is 0.417. The lowest BCUT2D eigenvalue weighted by atomic mass is 9.99. The van der Waals surface area contributed by atoms with Crippen molar-refractivity contribution in [1.82, 2.24) is 5.32 Å². The van der Waals surface area contributed by atoms with E-state index in [9.17, 15) is 4.79 Å². The summed E-state index contributed by atoms with van der Waals surface area (Å²) in [6.07, 6.45) is 0.839. The molecule has 0 aromatic heterocycles. The van der Waals surface area contributed by atoms with E-state index in [-0.39, 0.29) is 12.1 Å². The Kier molecular flexibility index (Phi) is 3.10. The molecule has 2 rings (SSSR count). The first kappa shape index (κ1) is 11.0. The maximum atomic E-state index is 11.9. The van der Waals surface area contributed by atoms with E-state index in [1.807, 2.05) is 31.2 Å². The van der Waals surface area contributed by atoms with Crippen LogP contribution in [0.5, 0.6) is 0 Å². The van der Waals surface area contributed by atoms with Crippen molar-refractivity contribution in [3.63, 3.8) is 0 Å². The van der Waals surface area contributed by atoms with E-state index in [0.717, 1.165) is 17.7 Å². The molecule has 0 saturated heterocycles. The molecule has 1 atom stereocenters. The number of fused-ring (bicyclic) bond motifs is 1. The number of benzene rings is 1. The molecule has 0 fully saturated rings. The average molecular weight is 219 g/mol. The SMILES string of the molecule is CCNC(=O)N1CC(N)Cc2ccccc21. The van der Waals surface area contributed by atoms with Gasteiger partial charge in [-0.05, 0) is 25.0 Å². The van der Waals surface area contributed by atoms with Crippen molar-refractivity contribution in [1.29, 1.82) is 0 Å². The zero-order valence-corrected chi connectivity index (χ0v) is 9.44. The molecule has 86 valence electrons.